The fourth-order valence-electron chi connectivity index (χ4n) is 1.73. The van der Waals surface area contributed by atoms with Crippen molar-refractivity contribution in [3.05, 3.63) is 30.3 Å². The van der Waals surface area contributed by atoms with Gasteiger partial charge in [0.05, 0.1) is 5.69 Å². The molecule has 0 unspecified atom stereocenters. The number of tetrazole rings is 1. The fraction of sp³-hybridized carbons (Fsp3) is 0.417. The SMILES string of the molecule is CC(C)(CCN)Nc1nnnn1-c1ccccc1. The largest absolute Gasteiger partial charge is 0.348 e. The molecule has 2 rings (SSSR count). The van der Waals surface area contributed by atoms with Gasteiger partial charge in [-0.2, -0.15) is 4.68 Å². The second-order valence-electron chi connectivity index (χ2n) is 4.80. The van der Waals surface area contributed by atoms with Gasteiger partial charge in [-0.15, -0.1) is 0 Å². The molecule has 0 atom stereocenters. The Morgan fingerprint density at radius 3 is 2.67 bits per heavy atom. The van der Waals surface area contributed by atoms with Gasteiger partial charge in [-0.3, -0.25) is 0 Å². The average Bonchev–Trinajstić information content (AvgIpc) is 2.77. The first-order chi connectivity index (χ1) is 8.62. The molecule has 0 saturated heterocycles. The first kappa shape index (κ1) is 12.5. The maximum atomic E-state index is 5.59. The molecule has 0 fully saturated rings. The highest BCUT2D eigenvalue weighted by Gasteiger charge is 2.20. The fourth-order valence-corrected chi connectivity index (χ4v) is 1.73. The minimum Gasteiger partial charge on any atom is -0.348 e. The molecule has 0 spiro atoms. The van der Waals surface area contributed by atoms with E-state index in [0.717, 1.165) is 12.1 Å². The van der Waals surface area contributed by atoms with Crippen LogP contribution < -0.4 is 11.1 Å². The topological polar surface area (TPSA) is 81.7 Å². The standard InChI is InChI=1S/C12H18N6/c1-12(2,8-9-13)14-11-15-16-17-18(11)10-6-4-3-5-7-10/h3-7H,8-9,13H2,1-2H3,(H,14,15,17). The normalized spacial score (nSPS) is 11.5. The third-order valence-electron chi connectivity index (χ3n) is 2.69. The van der Waals surface area contributed by atoms with Crippen molar-refractivity contribution in [2.24, 2.45) is 5.73 Å². The van der Waals surface area contributed by atoms with Crippen LogP contribution in [0.3, 0.4) is 0 Å². The van der Waals surface area contributed by atoms with Crippen LogP contribution in [0.25, 0.3) is 5.69 Å². The molecule has 18 heavy (non-hydrogen) atoms. The van der Waals surface area contributed by atoms with E-state index in [9.17, 15) is 0 Å². The predicted molar refractivity (Wildman–Crippen MR) is 70.5 cm³/mol. The van der Waals surface area contributed by atoms with Crippen LogP contribution >= 0.6 is 0 Å². The molecule has 1 aromatic carbocycles. The van der Waals surface area contributed by atoms with E-state index in [4.69, 9.17) is 5.73 Å². The summed E-state index contributed by atoms with van der Waals surface area (Å²) in [5.74, 6) is 0.625. The van der Waals surface area contributed by atoms with Crippen LogP contribution in [0, 0.1) is 0 Å². The van der Waals surface area contributed by atoms with E-state index < -0.39 is 0 Å². The molecular weight excluding hydrogens is 228 g/mol. The number of nitrogens with zero attached hydrogens (tertiary/aromatic N) is 4. The van der Waals surface area contributed by atoms with Crippen molar-refractivity contribution in [1.29, 1.82) is 0 Å². The lowest BCUT2D eigenvalue weighted by Crippen LogP contribution is -2.34. The third kappa shape index (κ3) is 2.84. The summed E-state index contributed by atoms with van der Waals surface area (Å²) in [7, 11) is 0. The van der Waals surface area contributed by atoms with E-state index in [0.29, 0.717) is 12.5 Å². The third-order valence-corrected chi connectivity index (χ3v) is 2.69. The van der Waals surface area contributed by atoms with Gasteiger partial charge in [-0.05, 0) is 49.4 Å². The van der Waals surface area contributed by atoms with Crippen LogP contribution in [0.5, 0.6) is 0 Å². The van der Waals surface area contributed by atoms with Crippen molar-refractivity contribution >= 4 is 5.95 Å². The lowest BCUT2D eigenvalue weighted by molar-refractivity contribution is 0.519. The van der Waals surface area contributed by atoms with E-state index in [1.165, 1.54) is 0 Å². The number of hydrogen-bond acceptors (Lipinski definition) is 5. The Morgan fingerprint density at radius 2 is 2.00 bits per heavy atom. The highest BCUT2D eigenvalue weighted by atomic mass is 15.6. The number of nitrogens with two attached hydrogens (primary N) is 1. The lowest BCUT2D eigenvalue weighted by atomic mass is 10.0. The first-order valence-corrected chi connectivity index (χ1v) is 5.94. The number of hydrogen-bond donors (Lipinski definition) is 2. The molecule has 6 heteroatoms. The molecule has 1 heterocycles. The Balaban J connectivity index is 2.24. The Kier molecular flexibility index (Phi) is 3.57. The Hall–Kier alpha value is -1.95. The molecule has 0 saturated carbocycles. The van der Waals surface area contributed by atoms with Crippen molar-refractivity contribution in [3.8, 4) is 5.69 Å². The van der Waals surface area contributed by atoms with Gasteiger partial charge in [0.1, 0.15) is 0 Å². The maximum absolute atomic E-state index is 5.59. The van der Waals surface area contributed by atoms with Crippen LogP contribution in [-0.2, 0) is 0 Å². The minimum atomic E-state index is -0.143. The molecule has 96 valence electrons. The number of anilines is 1. The van der Waals surface area contributed by atoms with Crippen LogP contribution in [-0.4, -0.2) is 32.3 Å². The van der Waals surface area contributed by atoms with Gasteiger partial charge in [-0.25, -0.2) is 0 Å². The summed E-state index contributed by atoms with van der Waals surface area (Å²) in [5.41, 5.74) is 6.38. The highest BCUT2D eigenvalue weighted by Crippen LogP contribution is 2.17. The Labute approximate surface area is 106 Å². The van der Waals surface area contributed by atoms with Gasteiger partial charge in [0.2, 0.25) is 5.95 Å². The Bertz CT molecular complexity index is 490. The van der Waals surface area contributed by atoms with Gasteiger partial charge < -0.3 is 11.1 Å². The van der Waals surface area contributed by atoms with E-state index >= 15 is 0 Å². The quantitative estimate of drug-likeness (QED) is 0.828. The van der Waals surface area contributed by atoms with Crippen LogP contribution in [0.15, 0.2) is 30.3 Å². The van der Waals surface area contributed by atoms with Crippen molar-refractivity contribution in [2.75, 3.05) is 11.9 Å². The van der Waals surface area contributed by atoms with Gasteiger partial charge in [0, 0.05) is 5.54 Å². The number of rotatable bonds is 5. The van der Waals surface area contributed by atoms with E-state index in [2.05, 4.69) is 34.7 Å². The molecular formula is C12H18N6. The summed E-state index contributed by atoms with van der Waals surface area (Å²) in [5, 5.41) is 15.0. The molecule has 0 radical (unpaired) electrons. The number of nitrogens with one attached hydrogen (secondary N) is 1. The maximum Gasteiger partial charge on any atom is 0.248 e. The summed E-state index contributed by atoms with van der Waals surface area (Å²) in [6.45, 7) is 4.76. The zero-order chi connectivity index (χ0) is 13.0. The molecule has 6 nitrogen and oxygen atoms in total. The van der Waals surface area contributed by atoms with Gasteiger partial charge in [0.15, 0.2) is 0 Å². The number of para-hydroxylation sites is 1. The molecule has 3 N–H and O–H groups in total. The van der Waals surface area contributed by atoms with Crippen molar-refractivity contribution in [1.82, 2.24) is 20.2 Å². The predicted octanol–water partition coefficient (Wildman–Crippen LogP) is 1.20. The Morgan fingerprint density at radius 1 is 1.28 bits per heavy atom. The molecule has 0 aliphatic heterocycles. The monoisotopic (exact) mass is 246 g/mol. The first-order valence-electron chi connectivity index (χ1n) is 5.94. The van der Waals surface area contributed by atoms with Crippen molar-refractivity contribution in [2.45, 2.75) is 25.8 Å². The van der Waals surface area contributed by atoms with Crippen LogP contribution in [0.1, 0.15) is 20.3 Å². The molecule has 0 bridgehead atoms. The summed E-state index contributed by atoms with van der Waals surface area (Å²) in [4.78, 5) is 0. The van der Waals surface area contributed by atoms with E-state index in [1.807, 2.05) is 30.3 Å². The van der Waals surface area contributed by atoms with Crippen LogP contribution in [0.2, 0.25) is 0 Å². The van der Waals surface area contributed by atoms with Gasteiger partial charge in [0.25, 0.3) is 0 Å². The molecule has 0 aliphatic rings. The second kappa shape index (κ2) is 5.14. The molecule has 2 aromatic rings. The molecule has 0 amide bonds. The van der Waals surface area contributed by atoms with Gasteiger partial charge in [-0.1, -0.05) is 23.3 Å². The zero-order valence-corrected chi connectivity index (χ0v) is 10.7. The summed E-state index contributed by atoms with van der Waals surface area (Å²) >= 11 is 0. The highest BCUT2D eigenvalue weighted by molar-refractivity contribution is 5.39. The lowest BCUT2D eigenvalue weighted by Gasteiger charge is -2.25. The van der Waals surface area contributed by atoms with Crippen LogP contribution in [0.4, 0.5) is 5.95 Å². The number of benzene rings is 1. The smallest absolute Gasteiger partial charge is 0.248 e. The van der Waals surface area contributed by atoms with Gasteiger partial charge >= 0.3 is 0 Å². The summed E-state index contributed by atoms with van der Waals surface area (Å²) in [6, 6.07) is 9.77. The zero-order valence-electron chi connectivity index (χ0n) is 10.7. The summed E-state index contributed by atoms with van der Waals surface area (Å²) < 4.78 is 1.68. The minimum absolute atomic E-state index is 0.143. The summed E-state index contributed by atoms with van der Waals surface area (Å²) in [6.07, 6.45) is 0.842. The van der Waals surface area contributed by atoms with Crippen molar-refractivity contribution in [3.63, 3.8) is 0 Å². The molecule has 0 aliphatic carbocycles. The molecule has 1 aromatic heterocycles. The number of aromatic nitrogens is 4. The van der Waals surface area contributed by atoms with E-state index in [1.54, 1.807) is 4.68 Å². The van der Waals surface area contributed by atoms with Crippen molar-refractivity contribution < 1.29 is 0 Å². The second-order valence-corrected chi connectivity index (χ2v) is 4.80. The van der Waals surface area contributed by atoms with E-state index in [-0.39, 0.29) is 5.54 Å². The average molecular weight is 246 g/mol.